The van der Waals surface area contributed by atoms with Crippen LogP contribution in [0, 0.1) is 11.8 Å². The van der Waals surface area contributed by atoms with Crippen LogP contribution in [0.25, 0.3) is 0 Å². The highest BCUT2D eigenvalue weighted by atomic mass is 16.4. The third-order valence-electron chi connectivity index (χ3n) is 4.59. The molecule has 1 heterocycles. The van der Waals surface area contributed by atoms with Crippen LogP contribution >= 0.6 is 0 Å². The summed E-state index contributed by atoms with van der Waals surface area (Å²) >= 11 is 0. The molecule has 0 aromatic carbocycles. The SMILES string of the molecule is CC1CCCC(C)N1NC(=O)C1CCC(C(=O)O)C1. The standard InChI is InChI=1S/C14H24N2O3/c1-9-4-3-5-10(2)16(9)15-13(17)11-6-7-12(8-11)14(18)19/h9-12H,3-8H2,1-2H3,(H,15,17)(H,18,19). The quantitative estimate of drug-likeness (QED) is 0.818. The van der Waals surface area contributed by atoms with Gasteiger partial charge in [0.1, 0.15) is 0 Å². The molecule has 4 atom stereocenters. The highest BCUT2D eigenvalue weighted by molar-refractivity contribution is 5.80. The summed E-state index contributed by atoms with van der Waals surface area (Å²) < 4.78 is 0. The van der Waals surface area contributed by atoms with Crippen molar-refractivity contribution < 1.29 is 14.7 Å². The van der Waals surface area contributed by atoms with Crippen molar-refractivity contribution in [2.75, 3.05) is 0 Å². The van der Waals surface area contributed by atoms with E-state index >= 15 is 0 Å². The first-order valence-corrected chi connectivity index (χ1v) is 7.30. The van der Waals surface area contributed by atoms with E-state index in [2.05, 4.69) is 24.3 Å². The molecule has 2 fully saturated rings. The predicted molar refractivity (Wildman–Crippen MR) is 71.2 cm³/mol. The summed E-state index contributed by atoms with van der Waals surface area (Å²) in [5, 5.41) is 11.0. The second-order valence-corrected chi connectivity index (χ2v) is 6.06. The number of piperidine rings is 1. The average Bonchev–Trinajstić information content (AvgIpc) is 2.83. The minimum Gasteiger partial charge on any atom is -0.481 e. The number of hydrogen-bond acceptors (Lipinski definition) is 3. The monoisotopic (exact) mass is 268 g/mol. The van der Waals surface area contributed by atoms with Gasteiger partial charge in [0.05, 0.1) is 5.92 Å². The Bertz CT molecular complexity index is 349. The van der Waals surface area contributed by atoms with Gasteiger partial charge in [0.15, 0.2) is 0 Å². The molecule has 4 unspecified atom stereocenters. The maximum atomic E-state index is 12.2. The van der Waals surface area contributed by atoms with Crippen LogP contribution in [0.3, 0.4) is 0 Å². The molecule has 0 radical (unpaired) electrons. The summed E-state index contributed by atoms with van der Waals surface area (Å²) in [4.78, 5) is 23.1. The molecule has 0 aromatic rings. The van der Waals surface area contributed by atoms with E-state index < -0.39 is 5.97 Å². The Morgan fingerprint density at radius 2 is 1.63 bits per heavy atom. The zero-order chi connectivity index (χ0) is 14.0. The Hall–Kier alpha value is -1.10. The largest absolute Gasteiger partial charge is 0.481 e. The van der Waals surface area contributed by atoms with E-state index in [4.69, 9.17) is 5.11 Å². The van der Waals surface area contributed by atoms with Crippen LogP contribution in [0.4, 0.5) is 0 Å². The van der Waals surface area contributed by atoms with Gasteiger partial charge in [-0.15, -0.1) is 0 Å². The third-order valence-corrected chi connectivity index (χ3v) is 4.59. The second kappa shape index (κ2) is 5.90. The van der Waals surface area contributed by atoms with Crippen molar-refractivity contribution in [3.8, 4) is 0 Å². The van der Waals surface area contributed by atoms with E-state index in [-0.39, 0.29) is 17.7 Å². The number of hydrogen-bond donors (Lipinski definition) is 2. The highest BCUT2D eigenvalue weighted by Gasteiger charge is 2.35. The summed E-state index contributed by atoms with van der Waals surface area (Å²) in [6.45, 7) is 4.26. The maximum absolute atomic E-state index is 12.2. The van der Waals surface area contributed by atoms with Crippen LogP contribution in [0.15, 0.2) is 0 Å². The molecule has 5 nitrogen and oxygen atoms in total. The van der Waals surface area contributed by atoms with Gasteiger partial charge in [0.25, 0.3) is 0 Å². The van der Waals surface area contributed by atoms with Gasteiger partial charge < -0.3 is 5.11 Å². The molecule has 1 aliphatic heterocycles. The average molecular weight is 268 g/mol. The first kappa shape index (κ1) is 14.3. The fourth-order valence-electron chi connectivity index (χ4n) is 3.30. The Morgan fingerprint density at radius 1 is 1.05 bits per heavy atom. The van der Waals surface area contributed by atoms with Gasteiger partial charge in [-0.05, 0) is 46.0 Å². The lowest BCUT2D eigenvalue weighted by Gasteiger charge is -2.39. The van der Waals surface area contributed by atoms with E-state index in [0.29, 0.717) is 31.3 Å². The van der Waals surface area contributed by atoms with Crippen LogP contribution in [0.1, 0.15) is 52.4 Å². The molecule has 1 saturated carbocycles. The molecule has 2 aliphatic rings. The molecule has 1 aliphatic carbocycles. The van der Waals surface area contributed by atoms with Crippen molar-refractivity contribution in [3.63, 3.8) is 0 Å². The first-order valence-electron chi connectivity index (χ1n) is 7.30. The van der Waals surface area contributed by atoms with Crippen molar-refractivity contribution in [1.82, 2.24) is 10.4 Å². The van der Waals surface area contributed by atoms with Gasteiger partial charge in [-0.1, -0.05) is 6.42 Å². The molecule has 2 N–H and O–H groups in total. The molecule has 0 spiro atoms. The van der Waals surface area contributed by atoms with Gasteiger partial charge in [0.2, 0.25) is 5.91 Å². The van der Waals surface area contributed by atoms with Crippen LogP contribution in [0.5, 0.6) is 0 Å². The number of aliphatic carboxylic acids is 1. The number of rotatable bonds is 3. The van der Waals surface area contributed by atoms with E-state index in [1.165, 1.54) is 6.42 Å². The lowest BCUT2D eigenvalue weighted by atomic mass is 9.99. The molecule has 0 bridgehead atoms. The molecular formula is C14H24N2O3. The minimum absolute atomic E-state index is 0.00403. The number of hydrazine groups is 1. The number of nitrogens with one attached hydrogen (secondary N) is 1. The van der Waals surface area contributed by atoms with E-state index in [1.54, 1.807) is 0 Å². The number of carboxylic acid groups (broad SMARTS) is 1. The van der Waals surface area contributed by atoms with Crippen LogP contribution < -0.4 is 5.43 Å². The molecule has 0 aromatic heterocycles. The Kier molecular flexibility index (Phi) is 4.45. The summed E-state index contributed by atoms with van der Waals surface area (Å²) in [6.07, 6.45) is 5.22. The highest BCUT2D eigenvalue weighted by Crippen LogP contribution is 2.31. The number of carboxylic acids is 1. The molecule has 1 saturated heterocycles. The van der Waals surface area contributed by atoms with Crippen molar-refractivity contribution >= 4 is 11.9 Å². The predicted octanol–water partition coefficient (Wildman–Crippen LogP) is 1.78. The zero-order valence-corrected chi connectivity index (χ0v) is 11.8. The van der Waals surface area contributed by atoms with Gasteiger partial charge >= 0.3 is 5.97 Å². The number of carbonyl (C=O) groups is 2. The van der Waals surface area contributed by atoms with E-state index in [1.807, 2.05) is 0 Å². The number of nitrogens with zero attached hydrogens (tertiary/aromatic N) is 1. The van der Waals surface area contributed by atoms with Gasteiger partial charge in [0, 0.05) is 18.0 Å². The number of amides is 1. The Morgan fingerprint density at radius 3 is 2.16 bits per heavy atom. The third kappa shape index (κ3) is 3.26. The van der Waals surface area contributed by atoms with Gasteiger partial charge in [-0.25, -0.2) is 5.01 Å². The van der Waals surface area contributed by atoms with Crippen LogP contribution in [-0.2, 0) is 9.59 Å². The lowest BCUT2D eigenvalue weighted by Crippen LogP contribution is -2.55. The minimum atomic E-state index is -0.769. The van der Waals surface area contributed by atoms with Crippen molar-refractivity contribution in [1.29, 1.82) is 0 Å². The smallest absolute Gasteiger partial charge is 0.306 e. The van der Waals surface area contributed by atoms with Crippen molar-refractivity contribution in [2.24, 2.45) is 11.8 Å². The normalized spacial score (nSPS) is 36.1. The summed E-state index contributed by atoms with van der Waals surface area (Å²) in [5.41, 5.74) is 3.02. The molecule has 1 amide bonds. The Balaban J connectivity index is 1.89. The second-order valence-electron chi connectivity index (χ2n) is 6.06. The van der Waals surface area contributed by atoms with Gasteiger partial charge in [-0.2, -0.15) is 0 Å². The van der Waals surface area contributed by atoms with Crippen molar-refractivity contribution in [2.45, 2.75) is 64.5 Å². The molecule has 2 rings (SSSR count). The van der Waals surface area contributed by atoms with Crippen LogP contribution in [-0.4, -0.2) is 34.1 Å². The Labute approximate surface area is 114 Å². The van der Waals surface area contributed by atoms with Gasteiger partial charge in [-0.3, -0.25) is 15.0 Å². The summed E-state index contributed by atoms with van der Waals surface area (Å²) in [7, 11) is 0. The fourth-order valence-corrected chi connectivity index (χ4v) is 3.30. The maximum Gasteiger partial charge on any atom is 0.306 e. The fraction of sp³-hybridized carbons (Fsp3) is 0.857. The first-order chi connectivity index (χ1) is 8.99. The molecule has 5 heteroatoms. The lowest BCUT2D eigenvalue weighted by molar-refractivity contribution is -0.141. The topological polar surface area (TPSA) is 69.6 Å². The number of carbonyl (C=O) groups excluding carboxylic acids is 1. The van der Waals surface area contributed by atoms with Crippen molar-refractivity contribution in [3.05, 3.63) is 0 Å². The summed E-state index contributed by atoms with van der Waals surface area (Å²) in [6, 6.07) is 0.730. The van der Waals surface area contributed by atoms with E-state index in [0.717, 1.165) is 12.8 Å². The summed E-state index contributed by atoms with van der Waals surface area (Å²) in [5.74, 6) is -1.24. The molecule has 108 valence electrons. The van der Waals surface area contributed by atoms with E-state index in [9.17, 15) is 9.59 Å². The molecule has 19 heavy (non-hydrogen) atoms. The zero-order valence-electron chi connectivity index (χ0n) is 11.8. The molecular weight excluding hydrogens is 244 g/mol. The van der Waals surface area contributed by atoms with Crippen LogP contribution in [0.2, 0.25) is 0 Å².